The molecular formula is C14H23NO. The van der Waals surface area contributed by atoms with Crippen molar-refractivity contribution in [1.82, 2.24) is 4.57 Å². The Bertz CT molecular complexity index is 363. The van der Waals surface area contributed by atoms with Crippen molar-refractivity contribution >= 4 is 0 Å². The number of aryl methyl sites for hydroxylation is 1. The molecule has 0 saturated heterocycles. The number of aliphatic hydroxyl groups excluding tert-OH is 1. The van der Waals surface area contributed by atoms with E-state index in [9.17, 15) is 5.11 Å². The van der Waals surface area contributed by atoms with E-state index < -0.39 is 0 Å². The summed E-state index contributed by atoms with van der Waals surface area (Å²) in [6, 6.07) is 2.80. The summed E-state index contributed by atoms with van der Waals surface area (Å²) in [5.74, 6) is 0. The molecule has 1 aliphatic rings. The van der Waals surface area contributed by atoms with E-state index in [0.717, 1.165) is 19.3 Å². The molecule has 1 unspecified atom stereocenters. The van der Waals surface area contributed by atoms with E-state index in [1.165, 1.54) is 29.8 Å². The summed E-state index contributed by atoms with van der Waals surface area (Å²) in [6.45, 7) is 6.67. The van der Waals surface area contributed by atoms with E-state index in [2.05, 4.69) is 31.4 Å². The summed E-state index contributed by atoms with van der Waals surface area (Å²) in [6.07, 6.45) is 5.31. The van der Waals surface area contributed by atoms with Crippen LogP contribution in [-0.2, 0) is 6.42 Å². The Morgan fingerprint density at radius 1 is 1.44 bits per heavy atom. The Kier molecular flexibility index (Phi) is 3.38. The molecule has 2 heteroatoms. The Morgan fingerprint density at radius 2 is 2.12 bits per heavy atom. The first-order valence-corrected chi connectivity index (χ1v) is 6.57. The van der Waals surface area contributed by atoms with Crippen LogP contribution >= 0.6 is 0 Å². The van der Waals surface area contributed by atoms with Crippen LogP contribution in [0.3, 0.4) is 0 Å². The Morgan fingerprint density at radius 3 is 2.75 bits per heavy atom. The normalized spacial score (nSPS) is 20.2. The van der Waals surface area contributed by atoms with Crippen LogP contribution in [0.1, 0.15) is 68.6 Å². The van der Waals surface area contributed by atoms with Gasteiger partial charge in [0, 0.05) is 23.0 Å². The highest BCUT2D eigenvalue weighted by Crippen LogP contribution is 2.35. The average molecular weight is 221 g/mol. The summed E-state index contributed by atoms with van der Waals surface area (Å²) in [7, 11) is 0. The van der Waals surface area contributed by atoms with Crippen molar-refractivity contribution in [2.24, 2.45) is 0 Å². The number of nitrogens with zero attached hydrogens (tertiary/aromatic N) is 1. The lowest BCUT2D eigenvalue weighted by atomic mass is 9.95. The van der Waals surface area contributed by atoms with Gasteiger partial charge in [0.05, 0.1) is 6.10 Å². The van der Waals surface area contributed by atoms with Gasteiger partial charge in [-0.25, -0.2) is 0 Å². The number of fused-ring (bicyclic) bond motifs is 1. The predicted octanol–water partition coefficient (Wildman–Crippen LogP) is 3.53. The topological polar surface area (TPSA) is 25.2 Å². The van der Waals surface area contributed by atoms with Crippen LogP contribution < -0.4 is 0 Å². The molecule has 1 aromatic heterocycles. The van der Waals surface area contributed by atoms with E-state index in [-0.39, 0.29) is 6.10 Å². The first-order valence-electron chi connectivity index (χ1n) is 6.57. The quantitative estimate of drug-likeness (QED) is 0.830. The molecule has 0 aliphatic heterocycles. The van der Waals surface area contributed by atoms with Crippen LogP contribution in [-0.4, -0.2) is 9.67 Å². The Balaban J connectivity index is 2.45. The van der Waals surface area contributed by atoms with Gasteiger partial charge in [-0.2, -0.15) is 0 Å². The average Bonchev–Trinajstić information content (AvgIpc) is 2.60. The lowest BCUT2D eigenvalue weighted by Crippen LogP contribution is -2.16. The third-order valence-corrected chi connectivity index (χ3v) is 3.93. The SMILES string of the molecule is CCC(CC)n1c(C)cc2c1CCCC2O. The van der Waals surface area contributed by atoms with Crippen molar-refractivity contribution in [3.63, 3.8) is 0 Å². The zero-order valence-electron chi connectivity index (χ0n) is 10.7. The Hall–Kier alpha value is -0.760. The van der Waals surface area contributed by atoms with Crippen LogP contribution in [0.5, 0.6) is 0 Å². The van der Waals surface area contributed by atoms with Crippen molar-refractivity contribution in [2.45, 2.75) is 65.0 Å². The highest BCUT2D eigenvalue weighted by Gasteiger charge is 2.25. The van der Waals surface area contributed by atoms with Crippen LogP contribution in [0.25, 0.3) is 0 Å². The molecule has 1 aliphatic carbocycles. The molecule has 1 aromatic rings. The van der Waals surface area contributed by atoms with Gasteiger partial charge in [-0.3, -0.25) is 0 Å². The molecule has 2 rings (SSSR count). The zero-order chi connectivity index (χ0) is 11.7. The largest absolute Gasteiger partial charge is 0.388 e. The van der Waals surface area contributed by atoms with E-state index >= 15 is 0 Å². The smallest absolute Gasteiger partial charge is 0.0807 e. The minimum atomic E-state index is -0.224. The van der Waals surface area contributed by atoms with Gasteiger partial charge in [0.1, 0.15) is 0 Å². The van der Waals surface area contributed by atoms with Gasteiger partial charge >= 0.3 is 0 Å². The minimum absolute atomic E-state index is 0.224. The minimum Gasteiger partial charge on any atom is -0.388 e. The Labute approximate surface area is 98.3 Å². The predicted molar refractivity (Wildman–Crippen MR) is 66.7 cm³/mol. The third kappa shape index (κ3) is 1.80. The number of hydrogen-bond donors (Lipinski definition) is 1. The van der Waals surface area contributed by atoms with Gasteiger partial charge in [0.15, 0.2) is 0 Å². The van der Waals surface area contributed by atoms with E-state index in [1.54, 1.807) is 0 Å². The molecule has 1 atom stereocenters. The monoisotopic (exact) mass is 221 g/mol. The molecule has 2 nitrogen and oxygen atoms in total. The van der Waals surface area contributed by atoms with Gasteiger partial charge in [-0.1, -0.05) is 13.8 Å². The zero-order valence-corrected chi connectivity index (χ0v) is 10.7. The fourth-order valence-electron chi connectivity index (χ4n) is 3.06. The lowest BCUT2D eigenvalue weighted by molar-refractivity contribution is 0.155. The maximum absolute atomic E-state index is 10.0. The second kappa shape index (κ2) is 4.62. The second-order valence-electron chi connectivity index (χ2n) is 4.94. The van der Waals surface area contributed by atoms with Gasteiger partial charge < -0.3 is 9.67 Å². The molecule has 0 amide bonds. The maximum atomic E-state index is 10.0. The number of hydrogen-bond acceptors (Lipinski definition) is 1. The lowest BCUT2D eigenvalue weighted by Gasteiger charge is -2.25. The third-order valence-electron chi connectivity index (χ3n) is 3.93. The van der Waals surface area contributed by atoms with Crippen molar-refractivity contribution in [3.8, 4) is 0 Å². The summed E-state index contributed by atoms with van der Waals surface area (Å²) >= 11 is 0. The molecule has 90 valence electrons. The number of rotatable bonds is 3. The van der Waals surface area contributed by atoms with E-state index in [0.29, 0.717) is 6.04 Å². The van der Waals surface area contributed by atoms with Gasteiger partial charge in [-0.05, 0) is 45.1 Å². The molecule has 16 heavy (non-hydrogen) atoms. The first-order chi connectivity index (χ1) is 7.69. The second-order valence-corrected chi connectivity index (χ2v) is 4.94. The van der Waals surface area contributed by atoms with Gasteiger partial charge in [0.2, 0.25) is 0 Å². The van der Waals surface area contributed by atoms with E-state index in [4.69, 9.17) is 0 Å². The number of aliphatic hydroxyl groups is 1. The summed E-state index contributed by atoms with van der Waals surface area (Å²) < 4.78 is 2.47. The standard InChI is InChI=1S/C14H23NO/c1-4-11(5-2)15-10(3)9-12-13(15)7-6-8-14(12)16/h9,11,14,16H,4-8H2,1-3H3. The van der Waals surface area contributed by atoms with Crippen molar-refractivity contribution in [1.29, 1.82) is 0 Å². The van der Waals surface area contributed by atoms with Crippen LogP contribution in [0.2, 0.25) is 0 Å². The van der Waals surface area contributed by atoms with Gasteiger partial charge in [-0.15, -0.1) is 0 Å². The molecule has 0 fully saturated rings. The molecule has 0 bridgehead atoms. The molecule has 0 spiro atoms. The van der Waals surface area contributed by atoms with Crippen molar-refractivity contribution in [2.75, 3.05) is 0 Å². The fourth-order valence-corrected chi connectivity index (χ4v) is 3.06. The molecule has 0 aromatic carbocycles. The molecular weight excluding hydrogens is 198 g/mol. The van der Waals surface area contributed by atoms with Crippen molar-refractivity contribution < 1.29 is 5.11 Å². The molecule has 1 N–H and O–H groups in total. The summed E-state index contributed by atoms with van der Waals surface area (Å²) in [5.41, 5.74) is 3.90. The first kappa shape index (κ1) is 11.7. The maximum Gasteiger partial charge on any atom is 0.0807 e. The summed E-state index contributed by atoms with van der Waals surface area (Å²) in [5, 5.41) is 10.0. The van der Waals surface area contributed by atoms with E-state index in [1.807, 2.05) is 0 Å². The van der Waals surface area contributed by atoms with Crippen LogP contribution in [0.4, 0.5) is 0 Å². The van der Waals surface area contributed by atoms with Crippen LogP contribution in [0, 0.1) is 6.92 Å². The highest BCUT2D eigenvalue weighted by atomic mass is 16.3. The van der Waals surface area contributed by atoms with Crippen molar-refractivity contribution in [3.05, 3.63) is 23.0 Å². The molecule has 0 saturated carbocycles. The fraction of sp³-hybridized carbons (Fsp3) is 0.714. The molecule has 0 radical (unpaired) electrons. The van der Waals surface area contributed by atoms with Gasteiger partial charge in [0.25, 0.3) is 0 Å². The number of aromatic nitrogens is 1. The highest BCUT2D eigenvalue weighted by molar-refractivity contribution is 5.32. The summed E-state index contributed by atoms with van der Waals surface area (Å²) in [4.78, 5) is 0. The molecule has 1 heterocycles. The van der Waals surface area contributed by atoms with Crippen LogP contribution in [0.15, 0.2) is 6.07 Å².